The molecule has 1 saturated carbocycles. The van der Waals surface area contributed by atoms with Crippen molar-refractivity contribution in [1.29, 1.82) is 0 Å². The lowest BCUT2D eigenvalue weighted by Gasteiger charge is -2.17. The van der Waals surface area contributed by atoms with Crippen LogP contribution in [-0.4, -0.2) is 41.2 Å². The van der Waals surface area contributed by atoms with E-state index in [0.29, 0.717) is 6.42 Å². The molecule has 1 aliphatic rings. The first-order chi connectivity index (χ1) is 6.63. The first-order valence-electron chi connectivity index (χ1n) is 4.81. The number of nitrogens with two attached hydrogens (primary N) is 1. The molecular weight excluding hydrogens is 200 g/mol. The molecule has 4 nitrogen and oxygen atoms in total. The van der Waals surface area contributed by atoms with Crippen LogP contribution in [0.25, 0.3) is 0 Å². The number of rotatable bonds is 6. The molecule has 1 amide bonds. The molecule has 0 aliphatic heterocycles. The summed E-state index contributed by atoms with van der Waals surface area (Å²) in [6.45, 7) is 0.0218. The van der Waals surface area contributed by atoms with Crippen molar-refractivity contribution in [3.05, 3.63) is 0 Å². The van der Waals surface area contributed by atoms with Crippen LogP contribution in [0.15, 0.2) is 0 Å². The molecule has 14 heavy (non-hydrogen) atoms. The number of amides is 1. The molecule has 0 bridgehead atoms. The molecule has 82 valence electrons. The SMILES string of the molecule is CSCC[C@H](N)C(=O)NC1(CO)CC1. The fourth-order valence-corrected chi connectivity index (χ4v) is 1.69. The van der Waals surface area contributed by atoms with Gasteiger partial charge in [0.2, 0.25) is 5.91 Å². The van der Waals surface area contributed by atoms with Crippen molar-refractivity contribution in [2.75, 3.05) is 18.6 Å². The van der Waals surface area contributed by atoms with Crippen molar-refractivity contribution in [1.82, 2.24) is 5.32 Å². The molecule has 1 rings (SSSR count). The summed E-state index contributed by atoms with van der Waals surface area (Å²) in [5.41, 5.74) is 5.35. The van der Waals surface area contributed by atoms with Gasteiger partial charge in [0.15, 0.2) is 0 Å². The molecule has 5 heteroatoms. The Labute approximate surface area is 88.6 Å². The van der Waals surface area contributed by atoms with Gasteiger partial charge in [-0.2, -0.15) is 11.8 Å². The summed E-state index contributed by atoms with van der Waals surface area (Å²) in [4.78, 5) is 11.5. The number of hydrogen-bond donors (Lipinski definition) is 3. The van der Waals surface area contributed by atoms with Gasteiger partial charge in [-0.3, -0.25) is 4.79 Å². The first-order valence-corrected chi connectivity index (χ1v) is 6.20. The number of aliphatic hydroxyl groups is 1. The van der Waals surface area contributed by atoms with E-state index in [2.05, 4.69) is 5.32 Å². The van der Waals surface area contributed by atoms with Crippen LogP contribution in [0.5, 0.6) is 0 Å². The quantitative estimate of drug-likeness (QED) is 0.572. The molecule has 0 heterocycles. The summed E-state index contributed by atoms with van der Waals surface area (Å²) in [6.07, 6.45) is 4.41. The average molecular weight is 218 g/mol. The normalized spacial score (nSPS) is 20.2. The Kier molecular flexibility index (Phi) is 4.22. The van der Waals surface area contributed by atoms with Crippen LogP contribution < -0.4 is 11.1 Å². The highest BCUT2D eigenvalue weighted by Crippen LogP contribution is 2.34. The van der Waals surface area contributed by atoms with Crippen molar-refractivity contribution in [2.45, 2.75) is 30.8 Å². The molecule has 0 aromatic heterocycles. The van der Waals surface area contributed by atoms with Gasteiger partial charge in [-0.1, -0.05) is 0 Å². The lowest BCUT2D eigenvalue weighted by atomic mass is 10.2. The minimum atomic E-state index is -0.438. The molecule has 1 aliphatic carbocycles. The average Bonchev–Trinajstić information content (AvgIpc) is 2.94. The van der Waals surface area contributed by atoms with Gasteiger partial charge in [0.25, 0.3) is 0 Å². The molecule has 0 saturated heterocycles. The molecular formula is C9H18N2O2S. The van der Waals surface area contributed by atoms with E-state index in [1.165, 1.54) is 0 Å². The summed E-state index contributed by atoms with van der Waals surface area (Å²) in [7, 11) is 0. The predicted molar refractivity (Wildman–Crippen MR) is 58.2 cm³/mol. The molecule has 4 N–H and O–H groups in total. The van der Waals surface area contributed by atoms with Crippen molar-refractivity contribution < 1.29 is 9.90 Å². The molecule has 1 atom stereocenters. The van der Waals surface area contributed by atoms with E-state index < -0.39 is 6.04 Å². The first kappa shape index (κ1) is 11.8. The van der Waals surface area contributed by atoms with Crippen LogP contribution in [0.2, 0.25) is 0 Å². The number of carbonyl (C=O) groups excluding carboxylic acids is 1. The standard InChI is InChI=1S/C9H18N2O2S/c1-14-5-2-7(10)8(13)11-9(6-12)3-4-9/h7,12H,2-6,10H2,1H3,(H,11,13)/t7-/m0/s1. The van der Waals surface area contributed by atoms with Gasteiger partial charge < -0.3 is 16.2 Å². The number of thioether (sulfide) groups is 1. The van der Waals surface area contributed by atoms with Gasteiger partial charge in [-0.15, -0.1) is 0 Å². The largest absolute Gasteiger partial charge is 0.394 e. The molecule has 0 aromatic carbocycles. The zero-order valence-corrected chi connectivity index (χ0v) is 9.27. The Hall–Kier alpha value is -0.260. The van der Waals surface area contributed by atoms with Gasteiger partial charge in [0.1, 0.15) is 0 Å². The maximum atomic E-state index is 11.5. The van der Waals surface area contributed by atoms with Gasteiger partial charge >= 0.3 is 0 Å². The van der Waals surface area contributed by atoms with Crippen molar-refractivity contribution in [3.8, 4) is 0 Å². The van der Waals surface area contributed by atoms with Crippen LogP contribution >= 0.6 is 11.8 Å². The van der Waals surface area contributed by atoms with Gasteiger partial charge in [0.05, 0.1) is 18.2 Å². The van der Waals surface area contributed by atoms with E-state index in [1.54, 1.807) is 11.8 Å². The lowest BCUT2D eigenvalue weighted by Crippen LogP contribution is -2.48. The maximum absolute atomic E-state index is 11.5. The fourth-order valence-electron chi connectivity index (χ4n) is 1.20. The highest BCUT2D eigenvalue weighted by Gasteiger charge is 2.43. The smallest absolute Gasteiger partial charge is 0.237 e. The lowest BCUT2D eigenvalue weighted by molar-refractivity contribution is -0.123. The Morgan fingerprint density at radius 1 is 1.71 bits per heavy atom. The van der Waals surface area contributed by atoms with Crippen LogP contribution in [-0.2, 0) is 4.79 Å². The Morgan fingerprint density at radius 2 is 2.36 bits per heavy atom. The van der Waals surface area contributed by atoms with E-state index in [1.807, 2.05) is 6.26 Å². The topological polar surface area (TPSA) is 75.4 Å². The third-order valence-corrected chi connectivity index (χ3v) is 3.16. The minimum absolute atomic E-state index is 0.0218. The van der Waals surface area contributed by atoms with Crippen molar-refractivity contribution in [3.63, 3.8) is 0 Å². The van der Waals surface area contributed by atoms with Crippen LogP contribution in [0.1, 0.15) is 19.3 Å². The van der Waals surface area contributed by atoms with E-state index >= 15 is 0 Å². The van der Waals surface area contributed by atoms with E-state index in [-0.39, 0.29) is 18.1 Å². The predicted octanol–water partition coefficient (Wildman–Crippen LogP) is -0.292. The van der Waals surface area contributed by atoms with Crippen LogP contribution in [0.4, 0.5) is 0 Å². The fraction of sp³-hybridized carbons (Fsp3) is 0.889. The highest BCUT2D eigenvalue weighted by atomic mass is 32.2. The second-order valence-electron chi connectivity index (χ2n) is 3.82. The second-order valence-corrected chi connectivity index (χ2v) is 4.80. The monoisotopic (exact) mass is 218 g/mol. The summed E-state index contributed by atoms with van der Waals surface area (Å²) >= 11 is 1.68. The number of hydrogen-bond acceptors (Lipinski definition) is 4. The van der Waals surface area contributed by atoms with E-state index in [0.717, 1.165) is 18.6 Å². The zero-order valence-electron chi connectivity index (χ0n) is 8.45. The molecule has 0 radical (unpaired) electrons. The maximum Gasteiger partial charge on any atom is 0.237 e. The summed E-state index contributed by atoms with van der Waals surface area (Å²) in [5, 5.41) is 11.8. The zero-order chi connectivity index (χ0) is 10.6. The number of aliphatic hydroxyl groups excluding tert-OH is 1. The van der Waals surface area contributed by atoms with Gasteiger partial charge in [0, 0.05) is 0 Å². The minimum Gasteiger partial charge on any atom is -0.394 e. The van der Waals surface area contributed by atoms with E-state index in [4.69, 9.17) is 10.8 Å². The van der Waals surface area contributed by atoms with E-state index in [9.17, 15) is 4.79 Å². The third-order valence-electron chi connectivity index (χ3n) is 2.51. The molecule has 0 spiro atoms. The Morgan fingerprint density at radius 3 is 2.79 bits per heavy atom. The van der Waals surface area contributed by atoms with Gasteiger partial charge in [-0.05, 0) is 31.3 Å². The van der Waals surface area contributed by atoms with Crippen molar-refractivity contribution >= 4 is 17.7 Å². The van der Waals surface area contributed by atoms with Crippen molar-refractivity contribution in [2.24, 2.45) is 5.73 Å². The molecule has 1 fully saturated rings. The molecule has 0 aromatic rings. The second kappa shape index (κ2) is 5.00. The highest BCUT2D eigenvalue weighted by molar-refractivity contribution is 7.98. The molecule has 0 unspecified atom stereocenters. The Bertz CT molecular complexity index is 207. The Balaban J connectivity index is 2.27. The van der Waals surface area contributed by atoms with Gasteiger partial charge in [-0.25, -0.2) is 0 Å². The summed E-state index contributed by atoms with van der Waals surface area (Å²) < 4.78 is 0. The van der Waals surface area contributed by atoms with Crippen LogP contribution in [0.3, 0.4) is 0 Å². The number of carbonyl (C=O) groups is 1. The summed E-state index contributed by atoms with van der Waals surface area (Å²) in [5.74, 6) is 0.756. The summed E-state index contributed by atoms with van der Waals surface area (Å²) in [6, 6.07) is -0.438. The number of nitrogens with one attached hydrogen (secondary N) is 1. The third kappa shape index (κ3) is 3.15. The van der Waals surface area contributed by atoms with Crippen LogP contribution in [0, 0.1) is 0 Å².